The van der Waals surface area contributed by atoms with Crippen LogP contribution in [0.2, 0.25) is 0 Å². The first-order chi connectivity index (χ1) is 10.3. The van der Waals surface area contributed by atoms with Gasteiger partial charge in [0, 0.05) is 18.5 Å². The van der Waals surface area contributed by atoms with Crippen LogP contribution >= 0.6 is 24.0 Å². The fraction of sp³-hybridized carbons (Fsp3) is 0.562. The highest BCUT2D eigenvalue weighted by atomic mass is 127. The smallest absolute Gasteiger partial charge is 0.370 e. The van der Waals surface area contributed by atoms with Crippen LogP contribution in [0.5, 0.6) is 0 Å². The van der Waals surface area contributed by atoms with Crippen LogP contribution in [0.3, 0.4) is 0 Å². The topological polar surface area (TPSA) is 41.6 Å². The summed E-state index contributed by atoms with van der Waals surface area (Å²) in [7, 11) is 1.92. The van der Waals surface area contributed by atoms with Gasteiger partial charge in [-0.15, -0.1) is 24.0 Å². The Morgan fingerprint density at radius 3 is 2.52 bits per heavy atom. The molecule has 2 N–H and O–H groups in total. The number of rotatable bonds is 4. The number of guanidine groups is 1. The Labute approximate surface area is 151 Å². The van der Waals surface area contributed by atoms with Gasteiger partial charge in [0.25, 0.3) is 0 Å². The van der Waals surface area contributed by atoms with Crippen molar-refractivity contribution in [2.75, 3.05) is 13.6 Å². The van der Waals surface area contributed by atoms with E-state index in [1.807, 2.05) is 11.9 Å². The van der Waals surface area contributed by atoms with E-state index < -0.39 is 11.7 Å². The van der Waals surface area contributed by atoms with Crippen LogP contribution in [0.15, 0.2) is 29.3 Å². The minimum absolute atomic E-state index is 0. The van der Waals surface area contributed by atoms with Crippen molar-refractivity contribution in [1.82, 2.24) is 4.90 Å². The molecular weight excluding hydrogens is 418 g/mol. The number of halogens is 4. The maximum absolute atomic E-state index is 12.8. The summed E-state index contributed by atoms with van der Waals surface area (Å²) in [4.78, 5) is 6.39. The average molecular weight is 439 g/mol. The number of hydrogen-bond donors (Lipinski definition) is 1. The van der Waals surface area contributed by atoms with Gasteiger partial charge in [-0.2, -0.15) is 13.2 Å². The molecule has 3 nitrogen and oxygen atoms in total. The third-order valence-electron chi connectivity index (χ3n) is 4.66. The highest BCUT2D eigenvalue weighted by Gasteiger charge is 2.45. The van der Waals surface area contributed by atoms with E-state index in [0.29, 0.717) is 24.1 Å². The fourth-order valence-electron chi connectivity index (χ4n) is 2.71. The molecule has 0 aromatic heterocycles. The Kier molecular flexibility index (Phi) is 5.18. The van der Waals surface area contributed by atoms with Gasteiger partial charge in [-0.3, -0.25) is 4.99 Å². The number of nitrogens with two attached hydrogens (primary N) is 1. The van der Waals surface area contributed by atoms with Gasteiger partial charge in [-0.25, -0.2) is 0 Å². The summed E-state index contributed by atoms with van der Waals surface area (Å²) in [5.41, 5.74) is 5.82. The largest absolute Gasteiger partial charge is 0.416 e. The normalized spacial score (nSPS) is 19.9. The monoisotopic (exact) mass is 439 g/mol. The number of benzene rings is 1. The van der Waals surface area contributed by atoms with Gasteiger partial charge >= 0.3 is 6.18 Å². The molecule has 23 heavy (non-hydrogen) atoms. The first-order valence-electron chi connectivity index (χ1n) is 7.52. The molecule has 0 bridgehead atoms. The van der Waals surface area contributed by atoms with E-state index in [9.17, 15) is 13.2 Å². The molecule has 0 amide bonds. The lowest BCUT2D eigenvalue weighted by Crippen LogP contribution is -2.36. The van der Waals surface area contributed by atoms with E-state index >= 15 is 0 Å². The summed E-state index contributed by atoms with van der Waals surface area (Å²) in [6, 6.07) is 6.08. The molecule has 128 valence electrons. The van der Waals surface area contributed by atoms with Crippen molar-refractivity contribution in [2.45, 2.75) is 43.3 Å². The van der Waals surface area contributed by atoms with Crippen molar-refractivity contribution in [3.63, 3.8) is 0 Å². The van der Waals surface area contributed by atoms with Crippen molar-refractivity contribution in [2.24, 2.45) is 10.7 Å². The molecule has 7 heteroatoms. The minimum Gasteiger partial charge on any atom is -0.370 e. The number of aliphatic imine (C=N–C) groups is 1. The van der Waals surface area contributed by atoms with Crippen molar-refractivity contribution in [3.8, 4) is 0 Å². The summed E-state index contributed by atoms with van der Waals surface area (Å²) in [5, 5.41) is 0. The molecule has 0 unspecified atom stereocenters. The van der Waals surface area contributed by atoms with Gasteiger partial charge in [0.2, 0.25) is 0 Å². The molecule has 2 saturated carbocycles. The molecule has 0 heterocycles. The van der Waals surface area contributed by atoms with Crippen LogP contribution < -0.4 is 5.73 Å². The molecule has 1 aromatic carbocycles. The zero-order valence-corrected chi connectivity index (χ0v) is 15.3. The van der Waals surface area contributed by atoms with Crippen LogP contribution in [0, 0.1) is 0 Å². The molecule has 2 aliphatic carbocycles. The van der Waals surface area contributed by atoms with Gasteiger partial charge in [-0.1, -0.05) is 18.2 Å². The highest BCUT2D eigenvalue weighted by molar-refractivity contribution is 14.0. The molecule has 2 fully saturated rings. The Balaban J connectivity index is 0.00000192. The van der Waals surface area contributed by atoms with Gasteiger partial charge in [0.05, 0.1) is 12.1 Å². The van der Waals surface area contributed by atoms with Crippen LogP contribution in [-0.2, 0) is 11.6 Å². The lowest BCUT2D eigenvalue weighted by atomic mass is 9.94. The molecule has 2 aliphatic rings. The van der Waals surface area contributed by atoms with Crippen LogP contribution in [0.1, 0.15) is 36.8 Å². The van der Waals surface area contributed by atoms with Gasteiger partial charge in [0.15, 0.2) is 5.96 Å². The molecular formula is C16H21F3IN3. The Bertz CT molecular complexity index is 592. The molecule has 0 spiro atoms. The maximum Gasteiger partial charge on any atom is 0.416 e. The van der Waals surface area contributed by atoms with Crippen molar-refractivity contribution >= 4 is 29.9 Å². The molecule has 3 rings (SSSR count). The standard InChI is InChI=1S/C16H20F3N3.HI/c1-22(13-5-6-13)14(20)21-10-15(7-8-15)11-3-2-4-12(9-11)16(17,18)19;/h2-4,9,13H,5-8,10H2,1H3,(H2,20,21);1H. The average Bonchev–Trinajstić information content (AvgIpc) is 3.37. The molecule has 0 aliphatic heterocycles. The van der Waals surface area contributed by atoms with Crippen molar-refractivity contribution < 1.29 is 13.2 Å². The van der Waals surface area contributed by atoms with Crippen LogP contribution in [0.25, 0.3) is 0 Å². The summed E-state index contributed by atoms with van der Waals surface area (Å²) in [6.45, 7) is 0.456. The number of nitrogens with zero attached hydrogens (tertiary/aromatic N) is 2. The molecule has 0 atom stereocenters. The van der Waals surface area contributed by atoms with E-state index in [0.717, 1.165) is 31.7 Å². The first-order valence-corrected chi connectivity index (χ1v) is 7.52. The van der Waals surface area contributed by atoms with E-state index in [4.69, 9.17) is 5.73 Å². The predicted molar refractivity (Wildman–Crippen MR) is 95.0 cm³/mol. The van der Waals surface area contributed by atoms with Gasteiger partial charge in [-0.05, 0) is 37.3 Å². The van der Waals surface area contributed by atoms with E-state index in [1.54, 1.807) is 6.07 Å². The van der Waals surface area contributed by atoms with E-state index in [2.05, 4.69) is 4.99 Å². The van der Waals surface area contributed by atoms with Crippen molar-refractivity contribution in [1.29, 1.82) is 0 Å². The van der Waals surface area contributed by atoms with Gasteiger partial charge < -0.3 is 10.6 Å². The lowest BCUT2D eigenvalue weighted by Gasteiger charge is -2.19. The fourth-order valence-corrected chi connectivity index (χ4v) is 2.71. The third kappa shape index (κ3) is 4.10. The van der Waals surface area contributed by atoms with E-state index in [-0.39, 0.29) is 29.4 Å². The zero-order valence-electron chi connectivity index (χ0n) is 12.9. The summed E-state index contributed by atoms with van der Waals surface area (Å²) in [6.07, 6.45) is -0.325. The summed E-state index contributed by atoms with van der Waals surface area (Å²) >= 11 is 0. The minimum atomic E-state index is -4.30. The number of alkyl halides is 3. The zero-order chi connectivity index (χ0) is 16.0. The number of hydrogen-bond acceptors (Lipinski definition) is 1. The molecule has 0 saturated heterocycles. The third-order valence-corrected chi connectivity index (χ3v) is 4.66. The molecule has 0 radical (unpaired) electrons. The first kappa shape index (κ1) is 18.4. The highest BCUT2D eigenvalue weighted by Crippen LogP contribution is 2.49. The summed E-state index contributed by atoms with van der Waals surface area (Å²) in [5.74, 6) is 0.487. The maximum atomic E-state index is 12.8. The second kappa shape index (κ2) is 6.49. The lowest BCUT2D eigenvalue weighted by molar-refractivity contribution is -0.137. The van der Waals surface area contributed by atoms with Gasteiger partial charge in [0.1, 0.15) is 0 Å². The van der Waals surface area contributed by atoms with Crippen LogP contribution in [-0.4, -0.2) is 30.5 Å². The Morgan fingerprint density at radius 2 is 2.00 bits per heavy atom. The Morgan fingerprint density at radius 1 is 1.35 bits per heavy atom. The summed E-state index contributed by atoms with van der Waals surface area (Å²) < 4.78 is 38.5. The predicted octanol–water partition coefficient (Wildman–Crippen LogP) is 3.76. The Hall–Kier alpha value is -0.990. The molecule has 1 aromatic rings. The SMILES string of the molecule is CN(C(N)=NCC1(c2cccc(C(F)(F)F)c2)CC1)C1CC1.I. The van der Waals surface area contributed by atoms with E-state index in [1.165, 1.54) is 12.1 Å². The van der Waals surface area contributed by atoms with Crippen molar-refractivity contribution in [3.05, 3.63) is 35.4 Å². The quantitative estimate of drug-likeness (QED) is 0.441. The second-order valence-electron chi connectivity index (χ2n) is 6.38. The second-order valence-corrected chi connectivity index (χ2v) is 6.38. The van der Waals surface area contributed by atoms with Crippen LogP contribution in [0.4, 0.5) is 13.2 Å².